The molecule has 2 N–H and O–H groups in total. The van der Waals surface area contributed by atoms with Crippen molar-refractivity contribution < 1.29 is 14.3 Å². The van der Waals surface area contributed by atoms with Crippen molar-refractivity contribution >= 4 is 11.8 Å². The van der Waals surface area contributed by atoms with Crippen molar-refractivity contribution in [2.24, 2.45) is 5.92 Å². The first-order chi connectivity index (χ1) is 12.2. The first-order valence-electron chi connectivity index (χ1n) is 8.39. The Morgan fingerprint density at radius 2 is 1.76 bits per heavy atom. The molecule has 0 saturated heterocycles. The second-order valence-electron chi connectivity index (χ2n) is 6.20. The largest absolute Gasteiger partial charge is 0.497 e. The van der Waals surface area contributed by atoms with E-state index in [4.69, 9.17) is 4.74 Å². The van der Waals surface area contributed by atoms with Crippen LogP contribution in [-0.4, -0.2) is 25.5 Å². The SMILES string of the molecule is COc1ccc(C2CC2C(=O)NCC(=O)NCc2ccccc2)cc1. The maximum atomic E-state index is 12.2. The lowest BCUT2D eigenvalue weighted by Crippen LogP contribution is -2.37. The smallest absolute Gasteiger partial charge is 0.239 e. The topological polar surface area (TPSA) is 67.4 Å². The summed E-state index contributed by atoms with van der Waals surface area (Å²) in [5, 5.41) is 5.53. The lowest BCUT2D eigenvalue weighted by molar-refractivity contribution is -0.126. The Hall–Kier alpha value is -2.82. The van der Waals surface area contributed by atoms with Gasteiger partial charge in [0.15, 0.2) is 0 Å². The molecule has 1 saturated carbocycles. The van der Waals surface area contributed by atoms with Crippen LogP contribution in [0.4, 0.5) is 0 Å². The van der Waals surface area contributed by atoms with Crippen LogP contribution in [-0.2, 0) is 16.1 Å². The molecular formula is C20H22N2O3. The number of hydrogen-bond acceptors (Lipinski definition) is 3. The van der Waals surface area contributed by atoms with Gasteiger partial charge in [-0.15, -0.1) is 0 Å². The lowest BCUT2D eigenvalue weighted by atomic mass is 10.1. The van der Waals surface area contributed by atoms with E-state index in [9.17, 15) is 9.59 Å². The zero-order valence-corrected chi connectivity index (χ0v) is 14.2. The van der Waals surface area contributed by atoms with E-state index in [1.807, 2.05) is 54.6 Å². The lowest BCUT2D eigenvalue weighted by Gasteiger charge is -2.07. The summed E-state index contributed by atoms with van der Waals surface area (Å²) in [7, 11) is 1.63. The van der Waals surface area contributed by atoms with Crippen molar-refractivity contribution in [3.63, 3.8) is 0 Å². The number of nitrogens with one attached hydrogen (secondary N) is 2. The molecule has 0 aliphatic heterocycles. The fourth-order valence-corrected chi connectivity index (χ4v) is 2.86. The van der Waals surface area contributed by atoms with Gasteiger partial charge in [-0.2, -0.15) is 0 Å². The molecule has 130 valence electrons. The average Bonchev–Trinajstić information content (AvgIpc) is 3.46. The second-order valence-corrected chi connectivity index (χ2v) is 6.20. The summed E-state index contributed by atoms with van der Waals surface area (Å²) in [6.45, 7) is 0.477. The van der Waals surface area contributed by atoms with E-state index in [1.54, 1.807) is 7.11 Å². The summed E-state index contributed by atoms with van der Waals surface area (Å²) >= 11 is 0. The number of carbonyl (C=O) groups is 2. The molecule has 3 rings (SSSR count). The van der Waals surface area contributed by atoms with Gasteiger partial charge in [-0.25, -0.2) is 0 Å². The fraction of sp³-hybridized carbons (Fsp3) is 0.300. The minimum atomic E-state index is -0.182. The normalized spacial score (nSPS) is 18.3. The number of hydrogen-bond donors (Lipinski definition) is 2. The van der Waals surface area contributed by atoms with Gasteiger partial charge in [0.2, 0.25) is 11.8 Å². The third-order valence-corrected chi connectivity index (χ3v) is 4.43. The third-order valence-electron chi connectivity index (χ3n) is 4.43. The maximum absolute atomic E-state index is 12.2. The second kappa shape index (κ2) is 7.83. The molecule has 2 unspecified atom stereocenters. The molecular weight excluding hydrogens is 316 g/mol. The maximum Gasteiger partial charge on any atom is 0.239 e. The van der Waals surface area contributed by atoms with E-state index in [1.165, 1.54) is 0 Å². The highest BCUT2D eigenvalue weighted by Gasteiger charge is 2.43. The highest BCUT2D eigenvalue weighted by Crippen LogP contribution is 2.47. The number of methoxy groups -OCH3 is 1. The molecule has 2 aromatic rings. The predicted molar refractivity (Wildman–Crippen MR) is 95.1 cm³/mol. The predicted octanol–water partition coefficient (Wildman–Crippen LogP) is 2.23. The van der Waals surface area contributed by atoms with E-state index in [0.29, 0.717) is 6.54 Å². The van der Waals surface area contributed by atoms with Crippen LogP contribution in [0, 0.1) is 5.92 Å². The van der Waals surface area contributed by atoms with Gasteiger partial charge in [-0.3, -0.25) is 9.59 Å². The van der Waals surface area contributed by atoms with Gasteiger partial charge in [0.05, 0.1) is 13.7 Å². The standard InChI is InChI=1S/C20H22N2O3/c1-25-16-9-7-15(8-10-16)17-11-18(17)20(24)22-13-19(23)21-12-14-5-3-2-4-6-14/h2-10,17-18H,11-13H2,1H3,(H,21,23)(H,22,24). The first kappa shape index (κ1) is 17.0. The Kier molecular flexibility index (Phi) is 5.33. The van der Waals surface area contributed by atoms with Crippen LogP contribution < -0.4 is 15.4 Å². The van der Waals surface area contributed by atoms with Gasteiger partial charge in [-0.1, -0.05) is 42.5 Å². The molecule has 5 nitrogen and oxygen atoms in total. The van der Waals surface area contributed by atoms with Crippen LogP contribution in [0.1, 0.15) is 23.5 Å². The third kappa shape index (κ3) is 4.59. The zero-order valence-electron chi connectivity index (χ0n) is 14.2. The quantitative estimate of drug-likeness (QED) is 0.813. The van der Waals surface area contributed by atoms with Gasteiger partial charge >= 0.3 is 0 Å². The summed E-state index contributed by atoms with van der Waals surface area (Å²) < 4.78 is 5.14. The Morgan fingerprint density at radius 3 is 2.44 bits per heavy atom. The summed E-state index contributed by atoms with van der Waals surface area (Å²) in [6, 6.07) is 17.5. The number of rotatable bonds is 7. The van der Waals surface area contributed by atoms with Gasteiger partial charge in [0.25, 0.3) is 0 Å². The van der Waals surface area contributed by atoms with Crippen molar-refractivity contribution in [2.45, 2.75) is 18.9 Å². The van der Waals surface area contributed by atoms with Crippen molar-refractivity contribution in [3.8, 4) is 5.75 Å². The van der Waals surface area contributed by atoms with Gasteiger partial charge in [0.1, 0.15) is 5.75 Å². The number of amides is 2. The first-order valence-corrected chi connectivity index (χ1v) is 8.39. The van der Waals surface area contributed by atoms with Gasteiger partial charge in [0, 0.05) is 12.5 Å². The Labute approximate surface area is 147 Å². The van der Waals surface area contributed by atoms with E-state index < -0.39 is 0 Å². The van der Waals surface area contributed by atoms with E-state index in [-0.39, 0.29) is 30.2 Å². The van der Waals surface area contributed by atoms with Crippen molar-refractivity contribution in [1.82, 2.24) is 10.6 Å². The summed E-state index contributed by atoms with van der Waals surface area (Å²) in [6.07, 6.45) is 0.823. The minimum absolute atomic E-state index is 0.0114. The summed E-state index contributed by atoms with van der Waals surface area (Å²) in [5.74, 6) is 0.753. The molecule has 1 aliphatic carbocycles. The van der Waals surface area contributed by atoms with Crippen molar-refractivity contribution in [3.05, 3.63) is 65.7 Å². The van der Waals surface area contributed by atoms with Crippen molar-refractivity contribution in [2.75, 3.05) is 13.7 Å². The Balaban J connectivity index is 1.40. The molecule has 2 aromatic carbocycles. The molecule has 1 fully saturated rings. The molecule has 0 spiro atoms. The minimum Gasteiger partial charge on any atom is -0.497 e. The fourth-order valence-electron chi connectivity index (χ4n) is 2.86. The number of ether oxygens (including phenoxy) is 1. The van der Waals surface area contributed by atoms with Crippen LogP contribution in [0.2, 0.25) is 0 Å². The average molecular weight is 338 g/mol. The van der Waals surface area contributed by atoms with Crippen LogP contribution in [0.15, 0.2) is 54.6 Å². The molecule has 25 heavy (non-hydrogen) atoms. The van der Waals surface area contributed by atoms with Crippen molar-refractivity contribution in [1.29, 1.82) is 0 Å². The van der Waals surface area contributed by atoms with Gasteiger partial charge in [-0.05, 0) is 35.6 Å². The molecule has 2 amide bonds. The van der Waals surface area contributed by atoms with E-state index in [0.717, 1.165) is 23.3 Å². The molecule has 0 aromatic heterocycles. The molecule has 0 heterocycles. The van der Waals surface area contributed by atoms with Gasteiger partial charge < -0.3 is 15.4 Å². The summed E-state index contributed by atoms with van der Waals surface area (Å²) in [5.41, 5.74) is 2.17. The summed E-state index contributed by atoms with van der Waals surface area (Å²) in [4.78, 5) is 24.0. The highest BCUT2D eigenvalue weighted by molar-refractivity contribution is 5.87. The molecule has 1 aliphatic rings. The zero-order chi connectivity index (χ0) is 17.6. The van der Waals surface area contributed by atoms with Crippen LogP contribution in [0.5, 0.6) is 5.75 Å². The Morgan fingerprint density at radius 1 is 1.04 bits per heavy atom. The Bertz CT molecular complexity index is 728. The molecule has 0 bridgehead atoms. The van der Waals surface area contributed by atoms with Crippen LogP contribution in [0.25, 0.3) is 0 Å². The molecule has 2 atom stereocenters. The van der Waals surface area contributed by atoms with Crippen LogP contribution >= 0.6 is 0 Å². The molecule has 0 radical (unpaired) electrons. The van der Waals surface area contributed by atoms with Crippen LogP contribution in [0.3, 0.4) is 0 Å². The number of benzene rings is 2. The van der Waals surface area contributed by atoms with E-state index in [2.05, 4.69) is 10.6 Å². The highest BCUT2D eigenvalue weighted by atomic mass is 16.5. The van der Waals surface area contributed by atoms with E-state index >= 15 is 0 Å². The monoisotopic (exact) mass is 338 g/mol. The molecule has 5 heteroatoms. The number of carbonyl (C=O) groups excluding carboxylic acids is 2.